The molecule has 1 aliphatic rings. The van der Waals surface area contributed by atoms with Gasteiger partial charge in [-0.1, -0.05) is 0 Å². The van der Waals surface area contributed by atoms with Crippen LogP contribution in [0.3, 0.4) is 0 Å². The molecule has 0 aliphatic carbocycles. The third kappa shape index (κ3) is 2.72. The van der Waals surface area contributed by atoms with E-state index in [9.17, 15) is 0 Å². The molecule has 8 heteroatoms. The van der Waals surface area contributed by atoms with Crippen LogP contribution in [0, 0.1) is 11.3 Å². The van der Waals surface area contributed by atoms with Gasteiger partial charge < -0.3 is 9.64 Å². The van der Waals surface area contributed by atoms with Gasteiger partial charge in [-0.25, -0.2) is 14.5 Å². The van der Waals surface area contributed by atoms with E-state index in [1.165, 1.54) is 6.20 Å². The smallest absolute Gasteiger partial charge is 0.217 e. The van der Waals surface area contributed by atoms with Gasteiger partial charge in [0.1, 0.15) is 12.2 Å². The van der Waals surface area contributed by atoms with Crippen molar-refractivity contribution in [2.45, 2.75) is 18.9 Å². The lowest BCUT2D eigenvalue weighted by Gasteiger charge is -2.32. The van der Waals surface area contributed by atoms with Gasteiger partial charge in [-0.15, -0.1) is 0 Å². The van der Waals surface area contributed by atoms with Crippen LogP contribution >= 0.6 is 0 Å². The minimum absolute atomic E-state index is 0.0985. The summed E-state index contributed by atoms with van der Waals surface area (Å²) in [6, 6.07) is 5.76. The van der Waals surface area contributed by atoms with E-state index in [2.05, 4.69) is 31.0 Å². The molecule has 120 valence electrons. The van der Waals surface area contributed by atoms with Gasteiger partial charge in [-0.3, -0.25) is 0 Å². The van der Waals surface area contributed by atoms with Crippen LogP contribution < -0.4 is 9.64 Å². The average molecular weight is 321 g/mol. The van der Waals surface area contributed by atoms with Gasteiger partial charge in [-0.05, 0) is 0 Å². The summed E-state index contributed by atoms with van der Waals surface area (Å²) in [5.41, 5.74) is 1.13. The minimum atomic E-state index is 0.0985. The molecule has 1 fully saturated rings. The van der Waals surface area contributed by atoms with Crippen molar-refractivity contribution in [2.75, 3.05) is 18.0 Å². The van der Waals surface area contributed by atoms with Crippen LogP contribution in [0.1, 0.15) is 18.5 Å². The minimum Gasteiger partial charge on any atom is -0.474 e. The maximum absolute atomic E-state index is 9.15. The Morgan fingerprint density at radius 1 is 1.12 bits per heavy atom. The molecule has 3 aromatic rings. The van der Waals surface area contributed by atoms with Crippen LogP contribution in [0.2, 0.25) is 0 Å². The van der Waals surface area contributed by atoms with Crippen molar-refractivity contribution >= 4 is 11.5 Å². The maximum atomic E-state index is 9.15. The summed E-state index contributed by atoms with van der Waals surface area (Å²) in [5, 5.41) is 13.3. The largest absolute Gasteiger partial charge is 0.474 e. The summed E-state index contributed by atoms with van der Waals surface area (Å²) in [4.78, 5) is 14.9. The summed E-state index contributed by atoms with van der Waals surface area (Å²) in [7, 11) is 0. The van der Waals surface area contributed by atoms with Crippen LogP contribution in [0.15, 0.2) is 36.9 Å². The van der Waals surface area contributed by atoms with Gasteiger partial charge in [0.05, 0.1) is 6.20 Å². The quantitative estimate of drug-likeness (QED) is 0.720. The van der Waals surface area contributed by atoms with E-state index in [0.717, 1.165) is 31.6 Å². The second-order valence-electron chi connectivity index (χ2n) is 5.54. The fraction of sp³-hybridized carbons (Fsp3) is 0.312. The molecule has 1 saturated heterocycles. The van der Waals surface area contributed by atoms with Gasteiger partial charge in [0.15, 0.2) is 17.2 Å². The molecule has 8 nitrogen and oxygen atoms in total. The third-order valence-corrected chi connectivity index (χ3v) is 4.05. The van der Waals surface area contributed by atoms with Crippen LogP contribution in [0.25, 0.3) is 5.65 Å². The lowest BCUT2D eigenvalue weighted by Crippen LogP contribution is -2.39. The highest BCUT2D eigenvalue weighted by Gasteiger charge is 2.23. The van der Waals surface area contributed by atoms with E-state index in [-0.39, 0.29) is 6.10 Å². The highest BCUT2D eigenvalue weighted by atomic mass is 16.5. The van der Waals surface area contributed by atoms with Crippen LogP contribution in [0.5, 0.6) is 5.88 Å². The lowest BCUT2D eigenvalue weighted by molar-refractivity contribution is 0.164. The number of fused-ring (bicyclic) bond motifs is 1. The Labute approximate surface area is 138 Å². The molecule has 3 aromatic heterocycles. The van der Waals surface area contributed by atoms with Crippen molar-refractivity contribution < 1.29 is 4.74 Å². The molecule has 4 heterocycles. The molecule has 1 aliphatic heterocycles. The number of anilines is 1. The summed E-state index contributed by atoms with van der Waals surface area (Å²) >= 11 is 0. The number of piperidine rings is 1. The maximum Gasteiger partial charge on any atom is 0.217 e. The molecule has 4 rings (SSSR count). The summed E-state index contributed by atoms with van der Waals surface area (Å²) in [6.07, 6.45) is 8.48. The Morgan fingerprint density at radius 2 is 1.96 bits per heavy atom. The van der Waals surface area contributed by atoms with Crippen molar-refractivity contribution in [3.63, 3.8) is 0 Å². The molecular formula is C16H15N7O. The zero-order valence-corrected chi connectivity index (χ0v) is 12.9. The molecule has 0 saturated carbocycles. The first-order valence-electron chi connectivity index (χ1n) is 7.76. The fourth-order valence-corrected chi connectivity index (χ4v) is 2.86. The fourth-order valence-electron chi connectivity index (χ4n) is 2.86. The SMILES string of the molecule is N#Cc1nccnc1N1CCC(Oc2ccn3nccc3n2)CC1. The monoisotopic (exact) mass is 321 g/mol. The second-order valence-corrected chi connectivity index (χ2v) is 5.54. The molecule has 0 aromatic carbocycles. The van der Waals surface area contributed by atoms with Crippen molar-refractivity contribution in [1.82, 2.24) is 24.6 Å². The number of rotatable bonds is 3. The molecule has 0 unspecified atom stereocenters. The predicted molar refractivity (Wildman–Crippen MR) is 85.6 cm³/mol. The molecule has 0 N–H and O–H groups in total. The van der Waals surface area contributed by atoms with Gasteiger partial charge in [0, 0.05) is 56.7 Å². The second kappa shape index (κ2) is 6.12. The number of nitriles is 1. The Hall–Kier alpha value is -3.21. The van der Waals surface area contributed by atoms with E-state index in [1.54, 1.807) is 16.9 Å². The molecule has 24 heavy (non-hydrogen) atoms. The Morgan fingerprint density at radius 3 is 2.79 bits per heavy atom. The van der Waals surface area contributed by atoms with Crippen molar-refractivity contribution in [3.8, 4) is 11.9 Å². The van der Waals surface area contributed by atoms with E-state index in [1.807, 2.05) is 18.3 Å². The summed E-state index contributed by atoms with van der Waals surface area (Å²) < 4.78 is 7.69. The van der Waals surface area contributed by atoms with Crippen LogP contribution in [-0.2, 0) is 0 Å². The molecular weight excluding hydrogens is 306 g/mol. The number of aromatic nitrogens is 5. The summed E-state index contributed by atoms with van der Waals surface area (Å²) in [5.74, 6) is 1.26. The number of ether oxygens (including phenoxy) is 1. The third-order valence-electron chi connectivity index (χ3n) is 4.05. The molecule has 0 atom stereocenters. The lowest BCUT2D eigenvalue weighted by atomic mass is 10.1. The molecule has 0 bridgehead atoms. The first-order chi connectivity index (χ1) is 11.8. The van der Waals surface area contributed by atoms with E-state index in [4.69, 9.17) is 10.00 Å². The van der Waals surface area contributed by atoms with Crippen LogP contribution in [0.4, 0.5) is 5.82 Å². The first-order valence-corrected chi connectivity index (χ1v) is 7.76. The first kappa shape index (κ1) is 14.4. The van der Waals surface area contributed by atoms with E-state index >= 15 is 0 Å². The van der Waals surface area contributed by atoms with Crippen molar-refractivity contribution in [2.24, 2.45) is 0 Å². The zero-order valence-electron chi connectivity index (χ0n) is 12.9. The number of hydrogen-bond donors (Lipinski definition) is 0. The Kier molecular flexibility index (Phi) is 3.67. The Balaban J connectivity index is 1.41. The standard InChI is InChI=1S/C16H15N7O/c17-11-13-16(19-7-6-18-13)22-8-2-12(3-9-22)24-15-4-10-23-14(21-15)1-5-20-23/h1,4-7,10,12H,2-3,8-9H2. The molecule has 0 radical (unpaired) electrons. The number of nitrogens with zero attached hydrogens (tertiary/aromatic N) is 7. The average Bonchev–Trinajstić information content (AvgIpc) is 3.10. The normalized spacial score (nSPS) is 15.4. The Bertz CT molecular complexity index is 893. The highest BCUT2D eigenvalue weighted by Crippen LogP contribution is 2.22. The van der Waals surface area contributed by atoms with E-state index in [0.29, 0.717) is 17.4 Å². The van der Waals surface area contributed by atoms with Gasteiger partial charge in [0.2, 0.25) is 5.88 Å². The van der Waals surface area contributed by atoms with Crippen molar-refractivity contribution in [1.29, 1.82) is 5.26 Å². The topological polar surface area (TPSA) is 92.2 Å². The number of hydrogen-bond acceptors (Lipinski definition) is 7. The molecule has 0 spiro atoms. The van der Waals surface area contributed by atoms with Gasteiger partial charge >= 0.3 is 0 Å². The summed E-state index contributed by atoms with van der Waals surface area (Å²) in [6.45, 7) is 1.54. The predicted octanol–water partition coefficient (Wildman–Crippen LogP) is 1.44. The van der Waals surface area contributed by atoms with Crippen molar-refractivity contribution in [3.05, 3.63) is 42.6 Å². The van der Waals surface area contributed by atoms with Crippen LogP contribution in [-0.4, -0.2) is 43.8 Å². The van der Waals surface area contributed by atoms with E-state index < -0.39 is 0 Å². The van der Waals surface area contributed by atoms with Gasteiger partial charge in [-0.2, -0.15) is 15.3 Å². The van der Waals surface area contributed by atoms with Gasteiger partial charge in [0.25, 0.3) is 0 Å². The zero-order chi connectivity index (χ0) is 16.4. The molecule has 0 amide bonds. The highest BCUT2D eigenvalue weighted by molar-refractivity contribution is 5.49.